The minimum atomic E-state index is 1.06. The van der Waals surface area contributed by atoms with Crippen LogP contribution in [0, 0.1) is 0 Å². The third kappa shape index (κ3) is 1.15. The Balaban J connectivity index is 2.37. The molecule has 0 saturated heterocycles. The molecule has 2 rings (SSSR count). The highest BCUT2D eigenvalue weighted by atomic mass is 15.0. The van der Waals surface area contributed by atoms with Crippen molar-refractivity contribution in [3.05, 3.63) is 11.3 Å². The Morgan fingerprint density at radius 2 is 1.92 bits per heavy atom. The van der Waals surface area contributed by atoms with Crippen LogP contribution in [0.3, 0.4) is 0 Å². The van der Waals surface area contributed by atoms with Gasteiger partial charge in [-0.25, -0.2) is 4.58 Å². The zero-order chi connectivity index (χ0) is 8.55. The van der Waals surface area contributed by atoms with E-state index >= 15 is 0 Å². The number of nitrogens with two attached hydrogens (primary N) is 1. The highest BCUT2D eigenvalue weighted by Crippen LogP contribution is 2.25. The Hall–Kier alpha value is -0.790. The van der Waals surface area contributed by atoms with Crippen molar-refractivity contribution in [2.45, 2.75) is 32.1 Å². The summed E-state index contributed by atoms with van der Waals surface area (Å²) >= 11 is 0. The van der Waals surface area contributed by atoms with Crippen LogP contribution in [0.5, 0.6) is 0 Å². The first-order chi connectivity index (χ1) is 5.79. The highest BCUT2D eigenvalue weighted by molar-refractivity contribution is 5.97. The Morgan fingerprint density at radius 1 is 1.17 bits per heavy atom. The SMILES string of the molecule is C[N+]1=C2CCCCC2=C(N)CC1. The molecule has 2 aliphatic rings. The molecule has 0 aromatic heterocycles. The first-order valence-electron chi connectivity index (χ1n) is 4.84. The highest BCUT2D eigenvalue weighted by Gasteiger charge is 2.26. The Morgan fingerprint density at radius 3 is 2.67 bits per heavy atom. The summed E-state index contributed by atoms with van der Waals surface area (Å²) in [6.45, 7) is 1.12. The lowest BCUT2D eigenvalue weighted by Gasteiger charge is -2.21. The molecule has 0 aromatic rings. The predicted molar refractivity (Wildman–Crippen MR) is 50.4 cm³/mol. The smallest absolute Gasteiger partial charge is 0.180 e. The maximum atomic E-state index is 5.98. The average molecular weight is 165 g/mol. The molecule has 66 valence electrons. The predicted octanol–water partition coefficient (Wildman–Crippen LogP) is 1.26. The van der Waals surface area contributed by atoms with E-state index in [0.29, 0.717) is 0 Å². The van der Waals surface area contributed by atoms with Crippen LogP contribution in [0.15, 0.2) is 11.3 Å². The average Bonchev–Trinajstić information content (AvgIpc) is 2.12. The maximum absolute atomic E-state index is 5.98. The van der Waals surface area contributed by atoms with Crippen molar-refractivity contribution >= 4 is 5.71 Å². The number of nitrogens with zero attached hydrogens (tertiary/aromatic N) is 1. The van der Waals surface area contributed by atoms with E-state index in [1.165, 1.54) is 37.0 Å². The summed E-state index contributed by atoms with van der Waals surface area (Å²) in [5.74, 6) is 0. The molecule has 1 heterocycles. The Kier molecular flexibility index (Phi) is 1.91. The van der Waals surface area contributed by atoms with Gasteiger partial charge < -0.3 is 5.73 Å². The molecule has 1 fully saturated rings. The first-order valence-corrected chi connectivity index (χ1v) is 4.84. The van der Waals surface area contributed by atoms with E-state index in [2.05, 4.69) is 11.6 Å². The second kappa shape index (κ2) is 2.92. The minimum Gasteiger partial charge on any atom is -0.401 e. The van der Waals surface area contributed by atoms with Crippen molar-refractivity contribution in [3.63, 3.8) is 0 Å². The van der Waals surface area contributed by atoms with Gasteiger partial charge in [0, 0.05) is 24.1 Å². The van der Waals surface area contributed by atoms with Crippen LogP contribution in [0.25, 0.3) is 0 Å². The van der Waals surface area contributed by atoms with Gasteiger partial charge in [0.1, 0.15) is 13.6 Å². The molecule has 2 nitrogen and oxygen atoms in total. The van der Waals surface area contributed by atoms with Gasteiger partial charge in [0.25, 0.3) is 0 Å². The van der Waals surface area contributed by atoms with Gasteiger partial charge in [-0.2, -0.15) is 0 Å². The zero-order valence-corrected chi connectivity index (χ0v) is 7.77. The molecular formula is C10H17N2+. The largest absolute Gasteiger partial charge is 0.401 e. The number of fused-ring (bicyclic) bond motifs is 1. The van der Waals surface area contributed by atoms with Crippen molar-refractivity contribution in [2.24, 2.45) is 5.73 Å². The van der Waals surface area contributed by atoms with Crippen LogP contribution in [0.2, 0.25) is 0 Å². The van der Waals surface area contributed by atoms with Gasteiger partial charge in [-0.3, -0.25) is 0 Å². The Labute approximate surface area is 73.8 Å². The quantitative estimate of drug-likeness (QED) is 0.538. The molecule has 0 radical (unpaired) electrons. The third-order valence-corrected chi connectivity index (χ3v) is 3.00. The topological polar surface area (TPSA) is 29.0 Å². The second-order valence-electron chi connectivity index (χ2n) is 3.83. The van der Waals surface area contributed by atoms with Gasteiger partial charge in [-0.1, -0.05) is 0 Å². The van der Waals surface area contributed by atoms with Crippen molar-refractivity contribution in [2.75, 3.05) is 13.6 Å². The van der Waals surface area contributed by atoms with E-state index < -0.39 is 0 Å². The first kappa shape index (κ1) is 7.84. The molecule has 12 heavy (non-hydrogen) atoms. The van der Waals surface area contributed by atoms with Crippen molar-refractivity contribution in [1.82, 2.24) is 0 Å². The molecule has 0 aromatic carbocycles. The fraction of sp³-hybridized carbons (Fsp3) is 0.700. The molecule has 1 saturated carbocycles. The van der Waals surface area contributed by atoms with E-state index in [9.17, 15) is 0 Å². The molecule has 0 bridgehead atoms. The molecule has 0 spiro atoms. The molecule has 0 unspecified atom stereocenters. The van der Waals surface area contributed by atoms with E-state index in [4.69, 9.17) is 5.73 Å². The summed E-state index contributed by atoms with van der Waals surface area (Å²) in [5, 5.41) is 0. The van der Waals surface area contributed by atoms with Gasteiger partial charge in [-0.05, 0) is 19.3 Å². The number of hydrogen-bond donors (Lipinski definition) is 1. The molecule has 1 aliphatic heterocycles. The molecule has 0 atom stereocenters. The molecule has 2 N–H and O–H groups in total. The number of hydrogen-bond acceptors (Lipinski definition) is 1. The minimum absolute atomic E-state index is 1.06. The lowest BCUT2D eigenvalue weighted by atomic mass is 9.88. The van der Waals surface area contributed by atoms with Gasteiger partial charge in [0.05, 0.1) is 0 Å². The Bertz CT molecular complexity index is 233. The maximum Gasteiger partial charge on any atom is 0.180 e. The van der Waals surface area contributed by atoms with Crippen molar-refractivity contribution in [1.29, 1.82) is 0 Å². The van der Waals surface area contributed by atoms with Crippen LogP contribution in [0.4, 0.5) is 0 Å². The molecule has 0 amide bonds. The van der Waals surface area contributed by atoms with Gasteiger partial charge in [-0.15, -0.1) is 0 Å². The van der Waals surface area contributed by atoms with E-state index in [0.717, 1.165) is 18.7 Å². The van der Waals surface area contributed by atoms with Crippen molar-refractivity contribution < 1.29 is 4.58 Å². The fourth-order valence-electron chi connectivity index (χ4n) is 2.23. The summed E-state index contributed by atoms with van der Waals surface area (Å²) in [4.78, 5) is 0. The van der Waals surface area contributed by atoms with Crippen LogP contribution in [-0.2, 0) is 0 Å². The zero-order valence-electron chi connectivity index (χ0n) is 7.77. The van der Waals surface area contributed by atoms with Gasteiger partial charge in [0.15, 0.2) is 5.71 Å². The monoisotopic (exact) mass is 165 g/mol. The summed E-state index contributed by atoms with van der Waals surface area (Å²) in [7, 11) is 2.19. The fourth-order valence-corrected chi connectivity index (χ4v) is 2.23. The molecule has 1 aliphatic carbocycles. The van der Waals surface area contributed by atoms with E-state index in [1.807, 2.05) is 0 Å². The molecule has 2 heteroatoms. The van der Waals surface area contributed by atoms with Crippen LogP contribution >= 0.6 is 0 Å². The lowest BCUT2D eigenvalue weighted by molar-refractivity contribution is -0.499. The summed E-state index contributed by atoms with van der Waals surface area (Å²) in [6, 6.07) is 0. The summed E-state index contributed by atoms with van der Waals surface area (Å²) in [5.41, 5.74) is 10.1. The van der Waals surface area contributed by atoms with Crippen LogP contribution < -0.4 is 5.73 Å². The van der Waals surface area contributed by atoms with E-state index in [1.54, 1.807) is 0 Å². The second-order valence-corrected chi connectivity index (χ2v) is 3.83. The van der Waals surface area contributed by atoms with Crippen LogP contribution in [-0.4, -0.2) is 23.9 Å². The third-order valence-electron chi connectivity index (χ3n) is 3.00. The summed E-state index contributed by atoms with van der Waals surface area (Å²) in [6.07, 6.45) is 6.19. The lowest BCUT2D eigenvalue weighted by Crippen LogP contribution is -2.30. The van der Waals surface area contributed by atoms with Crippen LogP contribution in [0.1, 0.15) is 32.1 Å². The van der Waals surface area contributed by atoms with Gasteiger partial charge >= 0.3 is 0 Å². The van der Waals surface area contributed by atoms with E-state index in [-0.39, 0.29) is 0 Å². The standard InChI is InChI=1S/C10H16N2/c1-12-7-6-9(11)8-4-2-3-5-10(8)12/h11H,2-7H2,1H3/p+1. The number of allylic oxidation sites excluding steroid dienone is 1. The number of rotatable bonds is 0. The van der Waals surface area contributed by atoms with Crippen molar-refractivity contribution in [3.8, 4) is 0 Å². The van der Waals surface area contributed by atoms with Gasteiger partial charge in [0.2, 0.25) is 0 Å². The molecular weight excluding hydrogens is 148 g/mol. The summed E-state index contributed by atoms with van der Waals surface area (Å²) < 4.78 is 2.38. The normalized spacial score (nSPS) is 24.4.